The Labute approximate surface area is 100 Å². The normalized spacial score (nSPS) is 11.5. The number of alkyl halides is 3. The third kappa shape index (κ3) is 5.86. The van der Waals surface area contributed by atoms with Gasteiger partial charge in [-0.3, -0.25) is 0 Å². The molecule has 0 spiro atoms. The second-order valence-electron chi connectivity index (χ2n) is 3.16. The lowest BCUT2D eigenvalue weighted by Crippen LogP contribution is -2.10. The van der Waals surface area contributed by atoms with Gasteiger partial charge < -0.3 is 5.32 Å². The molecule has 84 valence electrons. The van der Waals surface area contributed by atoms with Crippen LogP contribution in [0.3, 0.4) is 0 Å². The molecule has 1 rings (SSSR count). The van der Waals surface area contributed by atoms with Gasteiger partial charge in [0.25, 0.3) is 0 Å². The number of anilines is 1. The highest BCUT2D eigenvalue weighted by Crippen LogP contribution is 2.21. The fraction of sp³-hybridized carbons (Fsp3) is 0.400. The summed E-state index contributed by atoms with van der Waals surface area (Å²) in [6.07, 6.45) is -4.67. The standard InChI is InChI=1S/C10H11F3IN/c11-10(12,13)5-2-6-15-9-4-1-3-8(14)7-9/h1,3-4,7,15H,2,5-6H2. The van der Waals surface area contributed by atoms with Crippen LogP contribution in [0.15, 0.2) is 24.3 Å². The largest absolute Gasteiger partial charge is 0.389 e. The van der Waals surface area contributed by atoms with Gasteiger partial charge in [-0.1, -0.05) is 6.07 Å². The molecule has 1 N–H and O–H groups in total. The molecule has 0 amide bonds. The molecular weight excluding hydrogens is 318 g/mol. The van der Waals surface area contributed by atoms with Crippen molar-refractivity contribution in [3.63, 3.8) is 0 Å². The van der Waals surface area contributed by atoms with Crippen LogP contribution in [0.1, 0.15) is 12.8 Å². The monoisotopic (exact) mass is 329 g/mol. The van der Waals surface area contributed by atoms with Crippen LogP contribution in [0.4, 0.5) is 18.9 Å². The maximum atomic E-state index is 11.8. The van der Waals surface area contributed by atoms with Crippen molar-refractivity contribution in [3.05, 3.63) is 27.8 Å². The first-order chi connectivity index (χ1) is 6.97. The van der Waals surface area contributed by atoms with Crippen molar-refractivity contribution >= 4 is 28.3 Å². The Kier molecular flexibility index (Phi) is 4.69. The maximum Gasteiger partial charge on any atom is 0.389 e. The Balaban J connectivity index is 2.26. The minimum Gasteiger partial charge on any atom is -0.385 e. The van der Waals surface area contributed by atoms with Crippen molar-refractivity contribution in [2.45, 2.75) is 19.0 Å². The van der Waals surface area contributed by atoms with E-state index in [0.29, 0.717) is 6.54 Å². The quantitative estimate of drug-likeness (QED) is 0.649. The molecule has 0 aliphatic carbocycles. The van der Waals surface area contributed by atoms with Gasteiger partial charge in [0.15, 0.2) is 0 Å². The molecule has 0 bridgehead atoms. The van der Waals surface area contributed by atoms with Crippen LogP contribution >= 0.6 is 22.6 Å². The summed E-state index contributed by atoms with van der Waals surface area (Å²) >= 11 is 2.16. The first-order valence-electron chi connectivity index (χ1n) is 4.53. The molecule has 0 saturated carbocycles. The van der Waals surface area contributed by atoms with E-state index in [9.17, 15) is 13.2 Å². The van der Waals surface area contributed by atoms with E-state index in [1.165, 1.54) is 0 Å². The molecule has 0 heterocycles. The predicted molar refractivity (Wildman–Crippen MR) is 62.9 cm³/mol. The molecule has 5 heteroatoms. The van der Waals surface area contributed by atoms with Crippen molar-refractivity contribution in [1.82, 2.24) is 0 Å². The number of rotatable bonds is 4. The van der Waals surface area contributed by atoms with Gasteiger partial charge in [0, 0.05) is 22.2 Å². The lowest BCUT2D eigenvalue weighted by atomic mass is 10.3. The molecule has 0 fully saturated rings. The fourth-order valence-electron chi connectivity index (χ4n) is 1.12. The minimum absolute atomic E-state index is 0.106. The smallest absolute Gasteiger partial charge is 0.385 e. The van der Waals surface area contributed by atoms with Gasteiger partial charge in [-0.2, -0.15) is 13.2 Å². The summed E-state index contributed by atoms with van der Waals surface area (Å²) in [5.74, 6) is 0. The van der Waals surface area contributed by atoms with E-state index < -0.39 is 12.6 Å². The summed E-state index contributed by atoms with van der Waals surface area (Å²) in [6, 6.07) is 7.54. The molecule has 15 heavy (non-hydrogen) atoms. The molecule has 1 aromatic carbocycles. The molecule has 1 nitrogen and oxygen atoms in total. The molecular formula is C10H11F3IN. The average Bonchev–Trinajstić information content (AvgIpc) is 2.11. The number of hydrogen-bond donors (Lipinski definition) is 1. The van der Waals surface area contributed by atoms with Gasteiger partial charge in [-0.15, -0.1) is 0 Å². The zero-order chi connectivity index (χ0) is 11.3. The average molecular weight is 329 g/mol. The zero-order valence-corrected chi connectivity index (χ0v) is 10.1. The molecule has 0 unspecified atom stereocenters. The van der Waals surface area contributed by atoms with Gasteiger partial charge in [0.05, 0.1) is 0 Å². The molecule has 0 aliphatic heterocycles. The fourth-order valence-corrected chi connectivity index (χ4v) is 1.66. The lowest BCUT2D eigenvalue weighted by Gasteiger charge is -2.08. The summed E-state index contributed by atoms with van der Waals surface area (Å²) in [7, 11) is 0. The number of halogens is 4. The van der Waals surface area contributed by atoms with E-state index >= 15 is 0 Å². The Morgan fingerprint density at radius 1 is 1.27 bits per heavy atom. The molecule has 0 saturated heterocycles. The summed E-state index contributed by atoms with van der Waals surface area (Å²) in [4.78, 5) is 0. The van der Waals surface area contributed by atoms with Gasteiger partial charge in [-0.05, 0) is 47.2 Å². The van der Waals surface area contributed by atoms with Crippen LogP contribution in [0, 0.1) is 3.57 Å². The van der Waals surface area contributed by atoms with Gasteiger partial charge in [-0.25, -0.2) is 0 Å². The SMILES string of the molecule is FC(F)(F)CCCNc1cccc(I)c1. The second kappa shape index (κ2) is 5.58. The van der Waals surface area contributed by atoms with Crippen molar-refractivity contribution in [2.75, 3.05) is 11.9 Å². The van der Waals surface area contributed by atoms with Crippen molar-refractivity contribution in [2.24, 2.45) is 0 Å². The summed E-state index contributed by atoms with van der Waals surface area (Å²) in [5.41, 5.74) is 0.865. The van der Waals surface area contributed by atoms with Crippen molar-refractivity contribution in [1.29, 1.82) is 0 Å². The van der Waals surface area contributed by atoms with Gasteiger partial charge in [0.2, 0.25) is 0 Å². The first-order valence-corrected chi connectivity index (χ1v) is 5.61. The number of nitrogens with one attached hydrogen (secondary N) is 1. The van der Waals surface area contributed by atoms with Crippen molar-refractivity contribution in [3.8, 4) is 0 Å². The highest BCUT2D eigenvalue weighted by Gasteiger charge is 2.25. The van der Waals surface area contributed by atoms with Crippen molar-refractivity contribution < 1.29 is 13.2 Å². The summed E-state index contributed by atoms with van der Waals surface area (Å²) in [5, 5.41) is 2.95. The highest BCUT2D eigenvalue weighted by atomic mass is 127. The first kappa shape index (κ1) is 12.6. The Morgan fingerprint density at radius 3 is 2.60 bits per heavy atom. The topological polar surface area (TPSA) is 12.0 Å². The van der Waals surface area contributed by atoms with Crippen LogP contribution in [0.5, 0.6) is 0 Å². The van der Waals surface area contributed by atoms with Crippen LogP contribution in [0.25, 0.3) is 0 Å². The Bertz CT molecular complexity index is 312. The van der Waals surface area contributed by atoms with Gasteiger partial charge >= 0.3 is 6.18 Å². The molecule has 0 atom stereocenters. The molecule has 0 aromatic heterocycles. The summed E-state index contributed by atoms with van der Waals surface area (Å²) < 4.78 is 36.5. The van der Waals surface area contributed by atoms with Crippen LogP contribution in [-0.4, -0.2) is 12.7 Å². The van der Waals surface area contributed by atoms with E-state index in [0.717, 1.165) is 9.26 Å². The highest BCUT2D eigenvalue weighted by molar-refractivity contribution is 14.1. The third-order valence-electron chi connectivity index (χ3n) is 1.79. The molecule has 1 aromatic rings. The predicted octanol–water partition coefficient (Wildman–Crippen LogP) is 4.05. The lowest BCUT2D eigenvalue weighted by molar-refractivity contribution is -0.134. The van der Waals surface area contributed by atoms with Crippen LogP contribution in [0.2, 0.25) is 0 Å². The molecule has 0 aliphatic rings. The molecule has 0 radical (unpaired) electrons. The minimum atomic E-state index is -4.05. The van der Waals surface area contributed by atoms with Crippen LogP contribution in [-0.2, 0) is 0 Å². The maximum absolute atomic E-state index is 11.8. The third-order valence-corrected chi connectivity index (χ3v) is 2.46. The number of hydrogen-bond acceptors (Lipinski definition) is 1. The van der Waals surface area contributed by atoms with E-state index in [1.807, 2.05) is 24.3 Å². The van der Waals surface area contributed by atoms with Gasteiger partial charge in [0.1, 0.15) is 0 Å². The summed E-state index contributed by atoms with van der Waals surface area (Å²) in [6.45, 7) is 0.347. The Morgan fingerprint density at radius 2 is 2.00 bits per heavy atom. The van der Waals surface area contributed by atoms with E-state index in [-0.39, 0.29) is 6.42 Å². The second-order valence-corrected chi connectivity index (χ2v) is 4.40. The van der Waals surface area contributed by atoms with E-state index in [1.54, 1.807) is 0 Å². The van der Waals surface area contributed by atoms with E-state index in [2.05, 4.69) is 27.9 Å². The zero-order valence-electron chi connectivity index (χ0n) is 7.94. The Hall–Kier alpha value is -0.460. The number of benzene rings is 1. The van der Waals surface area contributed by atoms with Crippen LogP contribution < -0.4 is 5.32 Å². The van der Waals surface area contributed by atoms with E-state index in [4.69, 9.17) is 0 Å².